The normalized spacial score (nSPS) is 10.3. The van der Waals surface area contributed by atoms with Crippen molar-refractivity contribution in [2.45, 2.75) is 13.8 Å². The van der Waals surface area contributed by atoms with Crippen molar-refractivity contribution in [1.29, 1.82) is 0 Å². The fraction of sp³-hybridized carbons (Fsp3) is 0.200. The van der Waals surface area contributed by atoms with Gasteiger partial charge in [-0.05, 0) is 31.5 Å². The Morgan fingerprint density at radius 2 is 2.00 bits per heavy atom. The van der Waals surface area contributed by atoms with Crippen LogP contribution in [0.1, 0.15) is 21.5 Å². The maximum absolute atomic E-state index is 12.3. The monoisotopic (exact) mass is 256 g/mol. The van der Waals surface area contributed by atoms with Gasteiger partial charge in [-0.2, -0.15) is 0 Å². The molecule has 2 rings (SSSR count). The average molecular weight is 256 g/mol. The van der Waals surface area contributed by atoms with E-state index in [2.05, 4.69) is 4.98 Å². The highest BCUT2D eigenvalue weighted by Gasteiger charge is 2.18. The van der Waals surface area contributed by atoms with Crippen LogP contribution in [0.2, 0.25) is 0 Å². The summed E-state index contributed by atoms with van der Waals surface area (Å²) in [5, 5.41) is 9.68. The van der Waals surface area contributed by atoms with Crippen molar-refractivity contribution in [3.05, 3.63) is 53.3 Å². The molecule has 1 heterocycles. The third kappa shape index (κ3) is 2.57. The molecule has 0 fully saturated rings. The zero-order valence-corrected chi connectivity index (χ0v) is 11.2. The highest BCUT2D eigenvalue weighted by atomic mass is 16.3. The minimum absolute atomic E-state index is 0.107. The third-order valence-corrected chi connectivity index (χ3v) is 3.05. The highest BCUT2D eigenvalue weighted by molar-refractivity contribution is 6.07. The van der Waals surface area contributed by atoms with Gasteiger partial charge >= 0.3 is 0 Å². The zero-order valence-electron chi connectivity index (χ0n) is 11.2. The summed E-state index contributed by atoms with van der Waals surface area (Å²) in [6.45, 7) is 3.96. The molecule has 0 saturated carbocycles. The molecular formula is C15H16N2O2. The smallest absolute Gasteiger partial charge is 0.261 e. The molecule has 1 amide bonds. The predicted octanol–water partition coefficient (Wildman–Crippen LogP) is 2.68. The van der Waals surface area contributed by atoms with Crippen LogP contribution in [-0.2, 0) is 0 Å². The van der Waals surface area contributed by atoms with Gasteiger partial charge in [0.15, 0.2) is 0 Å². The van der Waals surface area contributed by atoms with Crippen molar-refractivity contribution in [3.63, 3.8) is 0 Å². The average Bonchev–Trinajstić information content (AvgIpc) is 2.38. The number of carbonyl (C=O) groups excluding carboxylic acids is 1. The first-order valence-corrected chi connectivity index (χ1v) is 5.99. The number of carbonyl (C=O) groups is 1. The van der Waals surface area contributed by atoms with Gasteiger partial charge in [-0.25, -0.2) is 0 Å². The van der Waals surface area contributed by atoms with Crippen LogP contribution in [0, 0.1) is 13.8 Å². The standard InChI is InChI=1S/C15H16N2O2/c1-10-4-5-13(11(2)8-10)17(3)15(19)12-6-7-16-9-14(12)18/h4-9,18H,1-3H3. The van der Waals surface area contributed by atoms with E-state index in [1.54, 1.807) is 7.05 Å². The number of aromatic hydroxyl groups is 1. The molecule has 98 valence electrons. The van der Waals surface area contributed by atoms with Gasteiger partial charge in [-0.3, -0.25) is 9.78 Å². The Kier molecular flexibility index (Phi) is 3.51. The number of aryl methyl sites for hydroxylation is 2. The summed E-state index contributed by atoms with van der Waals surface area (Å²) in [5.41, 5.74) is 3.24. The van der Waals surface area contributed by atoms with E-state index < -0.39 is 0 Å². The van der Waals surface area contributed by atoms with E-state index >= 15 is 0 Å². The lowest BCUT2D eigenvalue weighted by molar-refractivity contribution is 0.0990. The molecule has 0 saturated heterocycles. The fourth-order valence-electron chi connectivity index (χ4n) is 2.04. The van der Waals surface area contributed by atoms with E-state index in [0.29, 0.717) is 0 Å². The molecule has 0 radical (unpaired) electrons. The van der Waals surface area contributed by atoms with Crippen LogP contribution in [0.25, 0.3) is 0 Å². The maximum atomic E-state index is 12.3. The minimum atomic E-state index is -0.258. The predicted molar refractivity (Wildman–Crippen MR) is 74.6 cm³/mol. The summed E-state index contributed by atoms with van der Waals surface area (Å²) in [4.78, 5) is 17.6. The van der Waals surface area contributed by atoms with E-state index in [9.17, 15) is 9.90 Å². The van der Waals surface area contributed by atoms with Crippen molar-refractivity contribution in [2.24, 2.45) is 0 Å². The number of hydrogen-bond acceptors (Lipinski definition) is 3. The molecule has 4 nitrogen and oxygen atoms in total. The summed E-state index contributed by atoms with van der Waals surface area (Å²) in [5.74, 6) is -0.365. The number of aromatic nitrogens is 1. The summed E-state index contributed by atoms with van der Waals surface area (Å²) < 4.78 is 0. The third-order valence-electron chi connectivity index (χ3n) is 3.05. The van der Waals surface area contributed by atoms with Crippen LogP contribution in [-0.4, -0.2) is 23.0 Å². The van der Waals surface area contributed by atoms with Crippen LogP contribution in [0.3, 0.4) is 0 Å². The topological polar surface area (TPSA) is 53.4 Å². The molecule has 0 spiro atoms. The molecule has 0 bridgehead atoms. The van der Waals surface area contributed by atoms with Gasteiger partial charge < -0.3 is 10.0 Å². The summed E-state index contributed by atoms with van der Waals surface area (Å²) in [6.07, 6.45) is 2.76. The van der Waals surface area contributed by atoms with Gasteiger partial charge in [0.2, 0.25) is 0 Å². The quantitative estimate of drug-likeness (QED) is 0.898. The molecule has 0 unspecified atom stereocenters. The molecule has 1 aromatic heterocycles. The molecule has 19 heavy (non-hydrogen) atoms. The van der Waals surface area contributed by atoms with E-state index in [4.69, 9.17) is 0 Å². The Hall–Kier alpha value is -2.36. The van der Waals surface area contributed by atoms with Crippen LogP contribution < -0.4 is 4.90 Å². The first-order chi connectivity index (χ1) is 9.00. The number of amides is 1. The highest BCUT2D eigenvalue weighted by Crippen LogP contribution is 2.24. The van der Waals surface area contributed by atoms with Crippen molar-refractivity contribution in [1.82, 2.24) is 4.98 Å². The summed E-state index contributed by atoms with van der Waals surface area (Å²) in [6, 6.07) is 7.39. The first-order valence-electron chi connectivity index (χ1n) is 5.99. The first kappa shape index (κ1) is 13.1. The number of anilines is 1. The van der Waals surface area contributed by atoms with E-state index in [0.717, 1.165) is 16.8 Å². The number of pyridine rings is 1. The lowest BCUT2D eigenvalue weighted by Crippen LogP contribution is -2.27. The Balaban J connectivity index is 2.37. The molecular weight excluding hydrogens is 240 g/mol. The Labute approximate surface area is 112 Å². The SMILES string of the molecule is Cc1ccc(N(C)C(=O)c2ccncc2O)c(C)c1. The molecule has 4 heteroatoms. The van der Waals surface area contributed by atoms with E-state index in [1.807, 2.05) is 32.0 Å². The minimum Gasteiger partial charge on any atom is -0.505 e. The maximum Gasteiger partial charge on any atom is 0.261 e. The van der Waals surface area contributed by atoms with E-state index in [-0.39, 0.29) is 17.2 Å². The molecule has 0 atom stereocenters. The second kappa shape index (κ2) is 5.10. The van der Waals surface area contributed by atoms with Crippen LogP contribution in [0.15, 0.2) is 36.7 Å². The number of nitrogens with zero attached hydrogens (tertiary/aromatic N) is 2. The Morgan fingerprint density at radius 1 is 1.26 bits per heavy atom. The zero-order chi connectivity index (χ0) is 14.0. The number of benzene rings is 1. The summed E-state index contributed by atoms with van der Waals surface area (Å²) in [7, 11) is 1.69. The van der Waals surface area contributed by atoms with Gasteiger partial charge in [-0.15, -0.1) is 0 Å². The van der Waals surface area contributed by atoms with Crippen molar-refractivity contribution < 1.29 is 9.90 Å². The van der Waals surface area contributed by atoms with Crippen LogP contribution in [0.4, 0.5) is 5.69 Å². The largest absolute Gasteiger partial charge is 0.505 e. The second-order valence-corrected chi connectivity index (χ2v) is 4.55. The van der Waals surface area contributed by atoms with E-state index in [1.165, 1.54) is 23.4 Å². The van der Waals surface area contributed by atoms with Crippen molar-refractivity contribution in [3.8, 4) is 5.75 Å². The van der Waals surface area contributed by atoms with Gasteiger partial charge in [0.1, 0.15) is 5.75 Å². The van der Waals surface area contributed by atoms with Crippen LogP contribution >= 0.6 is 0 Å². The van der Waals surface area contributed by atoms with Crippen molar-refractivity contribution in [2.75, 3.05) is 11.9 Å². The molecule has 0 aliphatic rings. The van der Waals surface area contributed by atoms with Crippen LogP contribution in [0.5, 0.6) is 5.75 Å². The molecule has 1 N–H and O–H groups in total. The fourth-order valence-corrected chi connectivity index (χ4v) is 2.04. The van der Waals surface area contributed by atoms with Gasteiger partial charge in [0, 0.05) is 18.9 Å². The molecule has 2 aromatic rings. The lowest BCUT2D eigenvalue weighted by atomic mass is 10.1. The number of hydrogen-bond donors (Lipinski definition) is 1. The van der Waals surface area contributed by atoms with Crippen molar-refractivity contribution >= 4 is 11.6 Å². The molecule has 0 aliphatic heterocycles. The summed E-state index contributed by atoms with van der Waals surface area (Å²) >= 11 is 0. The number of rotatable bonds is 2. The molecule has 0 aliphatic carbocycles. The Bertz CT molecular complexity index is 623. The van der Waals surface area contributed by atoms with Gasteiger partial charge in [-0.1, -0.05) is 17.7 Å². The van der Waals surface area contributed by atoms with Gasteiger partial charge in [0.25, 0.3) is 5.91 Å². The second-order valence-electron chi connectivity index (χ2n) is 4.55. The molecule has 1 aromatic carbocycles. The van der Waals surface area contributed by atoms with Gasteiger partial charge in [0.05, 0.1) is 11.8 Å². The lowest BCUT2D eigenvalue weighted by Gasteiger charge is -2.20. The Morgan fingerprint density at radius 3 is 2.63 bits per heavy atom.